The largest absolute Gasteiger partial charge is 0.480 e. The number of alkyl carbamates (subject to hydrolysis) is 1. The smallest absolute Gasteiger partial charge is 0.408 e. The third-order valence-corrected chi connectivity index (χ3v) is 7.30. The van der Waals surface area contributed by atoms with Crippen molar-refractivity contribution in [2.24, 2.45) is 16.5 Å². The van der Waals surface area contributed by atoms with E-state index < -0.39 is 42.0 Å². The van der Waals surface area contributed by atoms with Gasteiger partial charge in [0.1, 0.15) is 24.7 Å². The number of carbonyl (C=O) groups is 4. The number of nitrogens with one attached hydrogen (secondary N) is 3. The molecular weight excluding hydrogens is 554 g/mol. The average Bonchev–Trinajstić information content (AvgIpc) is 3.65. The first kappa shape index (κ1) is 30.9. The lowest BCUT2D eigenvalue weighted by molar-refractivity contribution is -0.149. The molecule has 0 saturated carbocycles. The highest BCUT2D eigenvalue weighted by molar-refractivity contribution is 5.94. The van der Waals surface area contributed by atoms with Crippen LogP contribution in [-0.4, -0.2) is 76.0 Å². The SMILES string of the molecule is NC(N)=NCCC[C@H](NC(=O)OCc1ccccc1)C(=O)N[C@@H](Cc1c[nH]c2ccccc12)C(=O)N1CCC[C@H]1C(=O)O. The second-order valence-electron chi connectivity index (χ2n) is 10.4. The number of hydrogen-bond donors (Lipinski definition) is 6. The summed E-state index contributed by atoms with van der Waals surface area (Å²) >= 11 is 0. The number of H-pyrrole nitrogens is 1. The van der Waals surface area contributed by atoms with Crippen LogP contribution in [0, 0.1) is 0 Å². The predicted molar refractivity (Wildman–Crippen MR) is 160 cm³/mol. The van der Waals surface area contributed by atoms with E-state index in [-0.39, 0.29) is 38.5 Å². The van der Waals surface area contributed by atoms with E-state index in [1.54, 1.807) is 18.3 Å². The summed E-state index contributed by atoms with van der Waals surface area (Å²) in [6, 6.07) is 13.5. The Morgan fingerprint density at radius 3 is 2.53 bits per heavy atom. The number of aliphatic carboxylic acids is 1. The Labute approximate surface area is 248 Å². The van der Waals surface area contributed by atoms with Crippen molar-refractivity contribution in [2.75, 3.05) is 13.1 Å². The summed E-state index contributed by atoms with van der Waals surface area (Å²) < 4.78 is 5.32. The van der Waals surface area contributed by atoms with E-state index in [0.29, 0.717) is 19.3 Å². The third kappa shape index (κ3) is 8.47. The number of aliphatic imine (C=N–C) groups is 1. The number of carbonyl (C=O) groups excluding carboxylic acids is 3. The van der Waals surface area contributed by atoms with Gasteiger partial charge in [-0.1, -0.05) is 48.5 Å². The molecule has 2 aromatic carbocycles. The number of carboxylic acids is 1. The zero-order chi connectivity index (χ0) is 30.8. The van der Waals surface area contributed by atoms with E-state index in [1.807, 2.05) is 42.5 Å². The number of fused-ring (bicyclic) bond motifs is 1. The molecule has 3 atom stereocenters. The number of nitrogens with two attached hydrogens (primary N) is 2. The minimum atomic E-state index is -1.09. The van der Waals surface area contributed by atoms with Crippen LogP contribution in [0.15, 0.2) is 65.8 Å². The number of para-hydroxylation sites is 1. The van der Waals surface area contributed by atoms with Gasteiger partial charge < -0.3 is 41.8 Å². The Balaban J connectivity index is 1.53. The molecule has 0 spiro atoms. The van der Waals surface area contributed by atoms with Crippen molar-refractivity contribution >= 4 is 40.7 Å². The number of carboxylic acid groups (broad SMARTS) is 1. The summed E-state index contributed by atoms with van der Waals surface area (Å²) in [5.74, 6) is -2.32. The highest BCUT2D eigenvalue weighted by Gasteiger charge is 2.38. The van der Waals surface area contributed by atoms with Gasteiger partial charge in [0.25, 0.3) is 0 Å². The van der Waals surface area contributed by atoms with Crippen LogP contribution in [0.3, 0.4) is 0 Å². The maximum atomic E-state index is 13.8. The molecule has 0 bridgehead atoms. The van der Waals surface area contributed by atoms with E-state index in [1.165, 1.54) is 4.90 Å². The second kappa shape index (κ2) is 14.7. The molecule has 1 aliphatic rings. The molecule has 2 heterocycles. The van der Waals surface area contributed by atoms with Gasteiger partial charge in [0.2, 0.25) is 11.8 Å². The fourth-order valence-corrected chi connectivity index (χ4v) is 5.16. The van der Waals surface area contributed by atoms with Gasteiger partial charge in [-0.15, -0.1) is 0 Å². The van der Waals surface area contributed by atoms with Crippen molar-refractivity contribution in [2.45, 2.75) is 56.8 Å². The number of rotatable bonds is 13. The fourth-order valence-electron chi connectivity index (χ4n) is 5.16. The molecule has 228 valence electrons. The van der Waals surface area contributed by atoms with Crippen LogP contribution in [0.1, 0.15) is 36.8 Å². The Kier molecular flexibility index (Phi) is 10.6. The number of hydrogen-bond acceptors (Lipinski definition) is 6. The molecule has 4 rings (SSSR count). The molecule has 0 aliphatic carbocycles. The van der Waals surface area contributed by atoms with Crippen molar-refractivity contribution in [3.8, 4) is 0 Å². The topological polar surface area (TPSA) is 205 Å². The zero-order valence-electron chi connectivity index (χ0n) is 23.7. The summed E-state index contributed by atoms with van der Waals surface area (Å²) in [6.07, 6.45) is 2.44. The van der Waals surface area contributed by atoms with Gasteiger partial charge in [-0.3, -0.25) is 14.6 Å². The van der Waals surface area contributed by atoms with Crippen molar-refractivity contribution in [3.63, 3.8) is 0 Å². The molecule has 3 amide bonds. The fraction of sp³-hybridized carbons (Fsp3) is 0.367. The number of benzene rings is 2. The van der Waals surface area contributed by atoms with Crippen molar-refractivity contribution in [1.82, 2.24) is 20.5 Å². The average molecular weight is 592 g/mol. The minimum absolute atomic E-state index is 0.00221. The van der Waals surface area contributed by atoms with Gasteiger partial charge in [-0.25, -0.2) is 9.59 Å². The number of guanidine groups is 1. The molecule has 0 radical (unpaired) electrons. The van der Waals surface area contributed by atoms with Gasteiger partial charge in [0, 0.05) is 36.6 Å². The van der Waals surface area contributed by atoms with E-state index in [0.717, 1.165) is 22.0 Å². The molecule has 13 nitrogen and oxygen atoms in total. The number of aromatic amines is 1. The van der Waals surface area contributed by atoms with Gasteiger partial charge in [-0.05, 0) is 42.9 Å². The van der Waals surface area contributed by atoms with Crippen LogP contribution in [-0.2, 0) is 32.1 Å². The van der Waals surface area contributed by atoms with Crippen LogP contribution < -0.4 is 22.1 Å². The van der Waals surface area contributed by atoms with Crippen molar-refractivity contribution in [3.05, 3.63) is 71.9 Å². The molecule has 1 fully saturated rings. The predicted octanol–water partition coefficient (Wildman–Crippen LogP) is 1.62. The molecule has 1 aliphatic heterocycles. The molecular formula is C30H37N7O6. The van der Waals surface area contributed by atoms with E-state index in [9.17, 15) is 24.3 Å². The second-order valence-corrected chi connectivity index (χ2v) is 10.4. The summed E-state index contributed by atoms with van der Waals surface area (Å²) in [5, 5.41) is 16.0. The first-order chi connectivity index (χ1) is 20.7. The monoisotopic (exact) mass is 591 g/mol. The van der Waals surface area contributed by atoms with Crippen LogP contribution in [0.25, 0.3) is 10.9 Å². The lowest BCUT2D eigenvalue weighted by Crippen LogP contribution is -2.56. The van der Waals surface area contributed by atoms with Crippen molar-refractivity contribution < 1.29 is 29.0 Å². The number of likely N-dealkylation sites (tertiary alicyclic amines) is 1. The zero-order valence-corrected chi connectivity index (χ0v) is 23.7. The lowest BCUT2D eigenvalue weighted by atomic mass is 10.0. The standard InChI is InChI=1S/C30H37N7O6/c31-29(32)33-14-6-12-23(36-30(42)43-18-19-8-2-1-3-9-19)26(38)35-24(27(39)37-15-7-13-25(37)28(40)41)16-20-17-34-22-11-5-4-10-21(20)22/h1-5,8-11,17,23-25,34H,6-7,12-16,18H2,(H,35,38)(H,36,42)(H,40,41)(H4,31,32,33)/t23-,24-,25-/m0/s1. The quantitative estimate of drug-likeness (QED) is 0.0976. The van der Waals surface area contributed by atoms with Gasteiger partial charge in [0.15, 0.2) is 5.96 Å². The Morgan fingerprint density at radius 2 is 1.79 bits per heavy atom. The molecule has 3 aromatic rings. The Bertz CT molecular complexity index is 1450. The normalized spacial score (nSPS) is 15.8. The summed E-state index contributed by atoms with van der Waals surface area (Å²) in [6.45, 7) is 0.489. The number of aromatic nitrogens is 1. The van der Waals surface area contributed by atoms with Gasteiger partial charge in [-0.2, -0.15) is 0 Å². The number of ether oxygens (including phenoxy) is 1. The molecule has 13 heteroatoms. The first-order valence-electron chi connectivity index (χ1n) is 14.1. The Morgan fingerprint density at radius 1 is 1.05 bits per heavy atom. The molecule has 0 unspecified atom stereocenters. The lowest BCUT2D eigenvalue weighted by Gasteiger charge is -2.28. The van der Waals surface area contributed by atoms with E-state index >= 15 is 0 Å². The number of amides is 3. The molecule has 1 aromatic heterocycles. The summed E-state index contributed by atoms with van der Waals surface area (Å²) in [7, 11) is 0. The van der Waals surface area contributed by atoms with Crippen LogP contribution in [0.2, 0.25) is 0 Å². The maximum Gasteiger partial charge on any atom is 0.408 e. The van der Waals surface area contributed by atoms with Crippen LogP contribution >= 0.6 is 0 Å². The molecule has 1 saturated heterocycles. The summed E-state index contributed by atoms with van der Waals surface area (Å²) in [5.41, 5.74) is 13.2. The van der Waals surface area contributed by atoms with E-state index in [4.69, 9.17) is 16.2 Å². The first-order valence-corrected chi connectivity index (χ1v) is 14.1. The van der Waals surface area contributed by atoms with E-state index in [2.05, 4.69) is 20.6 Å². The van der Waals surface area contributed by atoms with Crippen LogP contribution in [0.4, 0.5) is 4.79 Å². The highest BCUT2D eigenvalue weighted by atomic mass is 16.5. The van der Waals surface area contributed by atoms with Crippen LogP contribution in [0.5, 0.6) is 0 Å². The number of nitrogens with zero attached hydrogens (tertiary/aromatic N) is 2. The molecule has 8 N–H and O–H groups in total. The van der Waals surface area contributed by atoms with Gasteiger partial charge in [0.05, 0.1) is 0 Å². The maximum absolute atomic E-state index is 13.8. The highest BCUT2D eigenvalue weighted by Crippen LogP contribution is 2.23. The third-order valence-electron chi connectivity index (χ3n) is 7.30. The minimum Gasteiger partial charge on any atom is -0.480 e. The molecule has 43 heavy (non-hydrogen) atoms. The Hall–Kier alpha value is -5.07. The van der Waals surface area contributed by atoms with Crippen molar-refractivity contribution in [1.29, 1.82) is 0 Å². The summed E-state index contributed by atoms with van der Waals surface area (Å²) in [4.78, 5) is 60.4. The van der Waals surface area contributed by atoms with Gasteiger partial charge >= 0.3 is 12.1 Å².